The quantitative estimate of drug-likeness (QED) is 0.812. The number of benzene rings is 1. The summed E-state index contributed by atoms with van der Waals surface area (Å²) >= 11 is 0. The van der Waals surface area contributed by atoms with Crippen molar-refractivity contribution < 1.29 is 32.9 Å². The Balaban J connectivity index is 1.96. The molecule has 9 heteroatoms. The first-order valence-electron chi connectivity index (χ1n) is 8.50. The number of hydrogen-bond acceptors (Lipinski definition) is 5. The minimum absolute atomic E-state index is 0.115. The highest BCUT2D eigenvalue weighted by Gasteiger charge is 2.64. The van der Waals surface area contributed by atoms with Gasteiger partial charge in [-0.1, -0.05) is 0 Å². The summed E-state index contributed by atoms with van der Waals surface area (Å²) in [7, 11) is 1.51. The Morgan fingerprint density at radius 2 is 1.89 bits per heavy atom. The molecule has 0 radical (unpaired) electrons. The zero-order valence-corrected chi connectivity index (χ0v) is 15.3. The molecule has 2 aliphatic heterocycles. The van der Waals surface area contributed by atoms with Gasteiger partial charge in [-0.15, -0.1) is 0 Å². The monoisotopic (exact) mass is 394 g/mol. The van der Waals surface area contributed by atoms with Crippen LogP contribution in [-0.4, -0.2) is 28.0 Å². The Labute approximate surface area is 158 Å². The molecule has 2 unspecified atom stereocenters. The lowest BCUT2D eigenvalue weighted by Gasteiger charge is -2.28. The molecule has 0 amide bonds. The van der Waals surface area contributed by atoms with Gasteiger partial charge in [0.2, 0.25) is 11.8 Å². The van der Waals surface area contributed by atoms with Crippen molar-refractivity contribution in [1.82, 2.24) is 4.57 Å². The van der Waals surface area contributed by atoms with E-state index in [-0.39, 0.29) is 5.69 Å². The third-order valence-corrected chi connectivity index (χ3v) is 5.74. The van der Waals surface area contributed by atoms with E-state index in [1.54, 1.807) is 13.8 Å². The molecule has 1 aromatic heterocycles. The fraction of sp³-hybridized carbons (Fsp3) is 0.421. The molecule has 0 saturated carbocycles. The minimum atomic E-state index is -4.76. The maximum atomic E-state index is 13.3. The van der Waals surface area contributed by atoms with Crippen LogP contribution in [0.15, 0.2) is 18.2 Å². The molecular formula is C19H17F3N2O4. The van der Waals surface area contributed by atoms with E-state index in [0.29, 0.717) is 17.5 Å². The van der Waals surface area contributed by atoms with Crippen LogP contribution in [0.4, 0.5) is 13.2 Å². The summed E-state index contributed by atoms with van der Waals surface area (Å²) < 4.78 is 52.4. The molecule has 2 aromatic rings. The van der Waals surface area contributed by atoms with Gasteiger partial charge in [0.25, 0.3) is 0 Å². The predicted molar refractivity (Wildman–Crippen MR) is 90.0 cm³/mol. The molecule has 2 aliphatic rings. The van der Waals surface area contributed by atoms with E-state index in [4.69, 9.17) is 14.7 Å². The summed E-state index contributed by atoms with van der Waals surface area (Å²) in [5, 5.41) is 30.6. The molecule has 0 spiro atoms. The first-order valence-corrected chi connectivity index (χ1v) is 8.50. The number of methoxy groups -OCH3 is 1. The summed E-state index contributed by atoms with van der Waals surface area (Å²) in [6, 6.07) is 4.49. The lowest BCUT2D eigenvalue weighted by atomic mass is 9.78. The molecule has 4 rings (SSSR count). The van der Waals surface area contributed by atoms with Crippen LogP contribution < -0.4 is 0 Å². The van der Waals surface area contributed by atoms with Crippen molar-refractivity contribution in [3.05, 3.63) is 40.5 Å². The van der Waals surface area contributed by atoms with Crippen molar-refractivity contribution >= 4 is 0 Å². The number of aromatic hydroxyl groups is 2. The van der Waals surface area contributed by atoms with E-state index in [1.165, 1.54) is 19.2 Å². The number of rotatable bonds is 2. The lowest BCUT2D eigenvalue weighted by Crippen LogP contribution is -2.34. The van der Waals surface area contributed by atoms with Crippen LogP contribution in [0.2, 0.25) is 0 Å². The molecular weight excluding hydrogens is 377 g/mol. The molecule has 3 atom stereocenters. The van der Waals surface area contributed by atoms with Crippen LogP contribution in [0.3, 0.4) is 0 Å². The second-order valence-electron chi connectivity index (χ2n) is 7.44. The molecule has 0 aliphatic carbocycles. The maximum Gasteiger partial charge on any atom is 0.417 e. The maximum absolute atomic E-state index is 13.3. The Kier molecular flexibility index (Phi) is 3.62. The highest BCUT2D eigenvalue weighted by Crippen LogP contribution is 2.64. The zero-order valence-electron chi connectivity index (χ0n) is 15.3. The van der Waals surface area contributed by atoms with Gasteiger partial charge in [0.15, 0.2) is 0 Å². The molecule has 2 bridgehead atoms. The highest BCUT2D eigenvalue weighted by atomic mass is 19.4. The first kappa shape index (κ1) is 18.7. The topological polar surface area (TPSA) is 87.6 Å². The Bertz CT molecular complexity index is 1040. The van der Waals surface area contributed by atoms with Crippen LogP contribution in [0, 0.1) is 11.3 Å². The van der Waals surface area contributed by atoms with Crippen LogP contribution in [-0.2, 0) is 26.9 Å². The van der Waals surface area contributed by atoms with E-state index in [2.05, 4.69) is 0 Å². The van der Waals surface area contributed by atoms with Gasteiger partial charge in [-0.3, -0.25) is 4.57 Å². The van der Waals surface area contributed by atoms with E-state index >= 15 is 0 Å². The zero-order chi connectivity index (χ0) is 20.6. The smallest absolute Gasteiger partial charge is 0.417 e. The lowest BCUT2D eigenvalue weighted by molar-refractivity contribution is -0.137. The average Bonchev–Trinajstić information content (AvgIpc) is 3.14. The molecule has 148 valence electrons. The van der Waals surface area contributed by atoms with E-state index in [1.807, 2.05) is 0 Å². The van der Waals surface area contributed by atoms with E-state index in [9.17, 15) is 23.4 Å². The normalized spacial score (nSPS) is 28.4. The standard InChI is InChI=1S/C19H17F3N2O4/c1-17-7-12(27-3)18(2,28-17)14-13(17)15(25)24(16(14)26)10-5-4-9(8-23)11(6-10)19(20,21)22/h4-6,12,25-26H,7H2,1-3H3/t12-,17?,18?/m1/s1. The van der Waals surface area contributed by atoms with Gasteiger partial charge in [-0.05, 0) is 32.0 Å². The first-order chi connectivity index (χ1) is 13.0. The third kappa shape index (κ3) is 2.16. The van der Waals surface area contributed by atoms with Gasteiger partial charge in [-0.2, -0.15) is 18.4 Å². The average molecular weight is 394 g/mol. The van der Waals surface area contributed by atoms with Gasteiger partial charge in [0.1, 0.15) is 5.60 Å². The number of alkyl halides is 3. The van der Waals surface area contributed by atoms with Gasteiger partial charge in [0, 0.05) is 13.5 Å². The van der Waals surface area contributed by atoms with Gasteiger partial charge < -0.3 is 19.7 Å². The number of fused-ring (bicyclic) bond motifs is 5. The van der Waals surface area contributed by atoms with Crippen LogP contribution in [0.1, 0.15) is 42.5 Å². The number of hydrogen-bond donors (Lipinski definition) is 2. The van der Waals surface area contributed by atoms with Gasteiger partial charge in [0.05, 0.1) is 45.7 Å². The molecule has 1 saturated heterocycles. The highest BCUT2D eigenvalue weighted by molar-refractivity contribution is 5.62. The summed E-state index contributed by atoms with van der Waals surface area (Å²) in [5.41, 5.74) is -3.18. The Morgan fingerprint density at radius 1 is 1.25 bits per heavy atom. The second-order valence-corrected chi connectivity index (χ2v) is 7.44. The molecule has 3 heterocycles. The van der Waals surface area contributed by atoms with E-state index < -0.39 is 46.4 Å². The number of nitrogens with zero attached hydrogens (tertiary/aromatic N) is 2. The molecule has 1 aromatic carbocycles. The van der Waals surface area contributed by atoms with E-state index in [0.717, 1.165) is 16.7 Å². The minimum Gasteiger partial charge on any atom is -0.494 e. The summed E-state index contributed by atoms with van der Waals surface area (Å²) in [4.78, 5) is 0. The summed E-state index contributed by atoms with van der Waals surface area (Å²) in [5.74, 6) is -0.815. The van der Waals surface area contributed by atoms with Crippen LogP contribution in [0.5, 0.6) is 11.8 Å². The SMILES string of the molecule is CO[C@@H]1CC2(C)OC1(C)c1c2c(O)n(-c2ccc(C#N)c(C(F)(F)F)c2)c1O. The Morgan fingerprint density at radius 3 is 2.46 bits per heavy atom. The number of aromatic nitrogens is 1. The van der Waals surface area contributed by atoms with Crippen molar-refractivity contribution in [2.24, 2.45) is 0 Å². The number of ether oxygens (including phenoxy) is 2. The predicted octanol–water partition coefficient (Wildman–Crippen LogP) is 3.66. The van der Waals surface area contributed by atoms with Crippen molar-refractivity contribution in [1.29, 1.82) is 5.26 Å². The van der Waals surface area contributed by atoms with Crippen molar-refractivity contribution in [3.63, 3.8) is 0 Å². The third-order valence-electron chi connectivity index (χ3n) is 5.74. The van der Waals surface area contributed by atoms with Crippen molar-refractivity contribution in [3.8, 4) is 23.5 Å². The fourth-order valence-corrected chi connectivity index (χ4v) is 4.56. The van der Waals surface area contributed by atoms with Gasteiger partial charge in [-0.25, -0.2) is 0 Å². The van der Waals surface area contributed by atoms with Gasteiger partial charge >= 0.3 is 6.18 Å². The summed E-state index contributed by atoms with van der Waals surface area (Å²) in [6.45, 7) is 3.45. The fourth-order valence-electron chi connectivity index (χ4n) is 4.56. The second kappa shape index (κ2) is 5.43. The largest absolute Gasteiger partial charge is 0.494 e. The number of nitriles is 1. The van der Waals surface area contributed by atoms with Crippen LogP contribution in [0.25, 0.3) is 5.69 Å². The molecule has 28 heavy (non-hydrogen) atoms. The molecule has 6 nitrogen and oxygen atoms in total. The van der Waals surface area contributed by atoms with Crippen molar-refractivity contribution in [2.75, 3.05) is 7.11 Å². The van der Waals surface area contributed by atoms with Crippen LogP contribution >= 0.6 is 0 Å². The molecule has 2 N–H and O–H groups in total. The number of halogens is 3. The summed E-state index contributed by atoms with van der Waals surface area (Å²) in [6.07, 6.45) is -4.73. The molecule has 1 fully saturated rings. The van der Waals surface area contributed by atoms with Crippen molar-refractivity contribution in [2.45, 2.75) is 43.8 Å². The Hall–Kier alpha value is -2.70.